The van der Waals surface area contributed by atoms with Crippen molar-refractivity contribution >= 4 is 11.9 Å². The smallest absolute Gasteiger partial charge is 0.323 e. The number of likely N-dealkylation sites (tertiary alicyclic amines) is 1. The largest absolute Gasteiger partial charge is 0.465 e. The van der Waals surface area contributed by atoms with Crippen LogP contribution in [-0.4, -0.2) is 54.7 Å². The molecule has 0 saturated carbocycles. The monoisotopic (exact) mass is 320 g/mol. The van der Waals surface area contributed by atoms with E-state index in [1.807, 2.05) is 35.2 Å². The molecule has 0 aromatic heterocycles. The number of carbonyl (C=O) groups is 2. The number of likely N-dealkylation sites (N-methyl/N-ethyl adjacent to an activating group) is 1. The summed E-state index contributed by atoms with van der Waals surface area (Å²) in [6, 6.07) is 9.04. The minimum absolute atomic E-state index is 0.143. The van der Waals surface area contributed by atoms with E-state index >= 15 is 0 Å². The molecule has 0 radical (unpaired) electrons. The van der Waals surface area contributed by atoms with Gasteiger partial charge in [-0.1, -0.05) is 30.3 Å². The Morgan fingerprint density at radius 2 is 1.87 bits per heavy atom. The van der Waals surface area contributed by atoms with E-state index in [9.17, 15) is 9.59 Å². The molecule has 0 spiro atoms. The van der Waals surface area contributed by atoms with Crippen LogP contribution in [0.3, 0.4) is 0 Å². The molecule has 23 heavy (non-hydrogen) atoms. The topological polar surface area (TPSA) is 59.1 Å². The van der Waals surface area contributed by atoms with Gasteiger partial charge in [0.1, 0.15) is 6.04 Å². The Balaban J connectivity index is 2.21. The van der Waals surface area contributed by atoms with E-state index in [2.05, 4.69) is 0 Å². The van der Waals surface area contributed by atoms with E-state index in [0.717, 1.165) is 5.56 Å². The molecule has 1 aliphatic heterocycles. The zero-order valence-corrected chi connectivity index (χ0v) is 13.9. The highest BCUT2D eigenvalue weighted by atomic mass is 16.7. The Morgan fingerprint density at radius 3 is 2.48 bits per heavy atom. The highest BCUT2D eigenvalue weighted by molar-refractivity contribution is 5.84. The lowest BCUT2D eigenvalue weighted by Gasteiger charge is -2.30. The summed E-state index contributed by atoms with van der Waals surface area (Å²) in [5.41, 5.74) is 1.06. The summed E-state index contributed by atoms with van der Waals surface area (Å²) in [5, 5.41) is 1.22. The first-order chi connectivity index (χ1) is 11.1. The summed E-state index contributed by atoms with van der Waals surface area (Å²) < 4.78 is 5.17. The average molecular weight is 320 g/mol. The van der Waals surface area contributed by atoms with Gasteiger partial charge in [0.05, 0.1) is 19.8 Å². The molecule has 1 fully saturated rings. The van der Waals surface area contributed by atoms with Crippen molar-refractivity contribution in [2.75, 3.05) is 20.8 Å². The lowest BCUT2D eigenvalue weighted by molar-refractivity contribution is -0.175. The normalized spacial score (nSPS) is 21.2. The summed E-state index contributed by atoms with van der Waals surface area (Å²) in [7, 11) is 3.04. The van der Waals surface area contributed by atoms with Gasteiger partial charge in [-0.2, -0.15) is 0 Å². The van der Waals surface area contributed by atoms with Gasteiger partial charge < -0.3 is 4.74 Å². The fourth-order valence-electron chi connectivity index (χ4n) is 2.94. The van der Waals surface area contributed by atoms with Crippen LogP contribution in [0.4, 0.5) is 0 Å². The molecule has 126 valence electrons. The quantitative estimate of drug-likeness (QED) is 0.589. The maximum Gasteiger partial charge on any atom is 0.323 e. The number of esters is 1. The molecule has 6 nitrogen and oxygen atoms in total. The molecule has 0 aliphatic carbocycles. The van der Waals surface area contributed by atoms with E-state index in [-0.39, 0.29) is 17.9 Å². The first kappa shape index (κ1) is 17.4. The molecule has 1 aliphatic rings. The van der Waals surface area contributed by atoms with Crippen LogP contribution in [0.25, 0.3) is 0 Å². The fourth-order valence-corrected chi connectivity index (χ4v) is 2.94. The Bertz CT molecular complexity index is 535. The zero-order chi connectivity index (χ0) is 16.8. The number of carbonyl (C=O) groups excluding carboxylic acids is 2. The number of hydroxylamine groups is 2. The van der Waals surface area contributed by atoms with Crippen LogP contribution < -0.4 is 0 Å². The second-order valence-electron chi connectivity index (χ2n) is 5.54. The highest BCUT2D eigenvalue weighted by Gasteiger charge is 2.43. The third kappa shape index (κ3) is 4.09. The number of amides is 1. The van der Waals surface area contributed by atoms with Gasteiger partial charge >= 0.3 is 5.97 Å². The van der Waals surface area contributed by atoms with Crippen molar-refractivity contribution in [2.45, 2.75) is 38.4 Å². The zero-order valence-electron chi connectivity index (χ0n) is 13.9. The average Bonchev–Trinajstić information content (AvgIpc) is 2.98. The summed E-state index contributed by atoms with van der Waals surface area (Å²) in [6.45, 7) is 2.65. The van der Waals surface area contributed by atoms with E-state index < -0.39 is 6.04 Å². The SMILES string of the molecule is CCOC(=O)[C@@H]1CC[C@H](C(=O)N(C)OC)N1Cc1ccccc1. The Kier molecular flexibility index (Phi) is 6.12. The number of ether oxygens (including phenoxy) is 1. The Hall–Kier alpha value is -1.92. The van der Waals surface area contributed by atoms with E-state index in [1.54, 1.807) is 14.0 Å². The molecule has 0 N–H and O–H groups in total. The summed E-state index contributed by atoms with van der Waals surface area (Å²) in [6.07, 6.45) is 1.22. The van der Waals surface area contributed by atoms with Gasteiger partial charge in [0.2, 0.25) is 0 Å². The summed E-state index contributed by atoms with van der Waals surface area (Å²) >= 11 is 0. The number of benzene rings is 1. The second kappa shape index (κ2) is 8.08. The van der Waals surface area contributed by atoms with Gasteiger partial charge in [-0.05, 0) is 25.3 Å². The summed E-state index contributed by atoms with van der Waals surface area (Å²) in [4.78, 5) is 31.7. The molecule has 6 heteroatoms. The molecule has 2 rings (SSSR count). The summed E-state index contributed by atoms with van der Waals surface area (Å²) in [5.74, 6) is -0.408. The van der Waals surface area contributed by atoms with Crippen molar-refractivity contribution in [1.82, 2.24) is 9.96 Å². The van der Waals surface area contributed by atoms with E-state index in [0.29, 0.717) is 26.0 Å². The third-order valence-electron chi connectivity index (χ3n) is 4.15. The highest BCUT2D eigenvalue weighted by Crippen LogP contribution is 2.28. The van der Waals surface area contributed by atoms with Gasteiger partial charge in [-0.3, -0.25) is 19.3 Å². The van der Waals surface area contributed by atoms with Crippen molar-refractivity contribution in [2.24, 2.45) is 0 Å². The van der Waals surface area contributed by atoms with Gasteiger partial charge in [0.15, 0.2) is 0 Å². The Morgan fingerprint density at radius 1 is 1.22 bits per heavy atom. The maximum atomic E-state index is 12.5. The van der Waals surface area contributed by atoms with Crippen molar-refractivity contribution in [1.29, 1.82) is 0 Å². The van der Waals surface area contributed by atoms with Gasteiger partial charge in [-0.15, -0.1) is 0 Å². The molecule has 1 heterocycles. The van der Waals surface area contributed by atoms with Crippen LogP contribution in [0.15, 0.2) is 30.3 Å². The number of rotatable bonds is 6. The van der Waals surface area contributed by atoms with Crippen LogP contribution in [0.1, 0.15) is 25.3 Å². The molecule has 1 aromatic carbocycles. The molecule has 1 saturated heterocycles. The van der Waals surface area contributed by atoms with Crippen LogP contribution in [0.2, 0.25) is 0 Å². The van der Waals surface area contributed by atoms with Crippen molar-refractivity contribution in [3.8, 4) is 0 Å². The fraction of sp³-hybridized carbons (Fsp3) is 0.529. The number of hydrogen-bond acceptors (Lipinski definition) is 5. The lowest BCUT2D eigenvalue weighted by atomic mass is 10.1. The van der Waals surface area contributed by atoms with Gasteiger partial charge in [-0.25, -0.2) is 5.06 Å². The predicted octanol–water partition coefficient (Wildman–Crippen LogP) is 1.60. The minimum atomic E-state index is -0.394. The van der Waals surface area contributed by atoms with Crippen LogP contribution in [0.5, 0.6) is 0 Å². The maximum absolute atomic E-state index is 12.5. The minimum Gasteiger partial charge on any atom is -0.465 e. The molecular weight excluding hydrogens is 296 g/mol. The number of hydrogen-bond donors (Lipinski definition) is 0. The van der Waals surface area contributed by atoms with Gasteiger partial charge in [0.25, 0.3) is 5.91 Å². The lowest BCUT2D eigenvalue weighted by Crippen LogP contribution is -2.48. The molecule has 1 amide bonds. The van der Waals surface area contributed by atoms with Crippen LogP contribution in [0, 0.1) is 0 Å². The van der Waals surface area contributed by atoms with Crippen molar-refractivity contribution in [3.05, 3.63) is 35.9 Å². The molecule has 0 unspecified atom stereocenters. The second-order valence-corrected chi connectivity index (χ2v) is 5.54. The van der Waals surface area contributed by atoms with Crippen LogP contribution >= 0.6 is 0 Å². The van der Waals surface area contributed by atoms with Gasteiger partial charge in [0, 0.05) is 13.6 Å². The molecule has 2 atom stereocenters. The van der Waals surface area contributed by atoms with E-state index in [4.69, 9.17) is 9.57 Å². The predicted molar refractivity (Wildman–Crippen MR) is 85.2 cm³/mol. The molecule has 1 aromatic rings. The Labute approximate surface area is 136 Å². The standard InChI is InChI=1S/C17H24N2O4/c1-4-23-17(21)15-11-10-14(16(20)18(2)22-3)19(15)12-13-8-6-5-7-9-13/h5-9,14-15H,4,10-12H2,1-3H3/t14-,15+/m1/s1. The van der Waals surface area contributed by atoms with E-state index in [1.165, 1.54) is 12.2 Å². The molecular formula is C17H24N2O4. The first-order valence-electron chi connectivity index (χ1n) is 7.86. The molecule has 0 bridgehead atoms. The first-order valence-corrected chi connectivity index (χ1v) is 7.86. The third-order valence-corrected chi connectivity index (χ3v) is 4.15. The van der Waals surface area contributed by atoms with Crippen LogP contribution in [-0.2, 0) is 25.7 Å². The van der Waals surface area contributed by atoms with Crippen molar-refractivity contribution in [3.63, 3.8) is 0 Å². The van der Waals surface area contributed by atoms with Crippen molar-refractivity contribution < 1.29 is 19.2 Å². The number of nitrogens with zero attached hydrogens (tertiary/aromatic N) is 2.